The number of aliphatic hydroxyl groups excluding tert-OH is 2. The summed E-state index contributed by atoms with van der Waals surface area (Å²) in [6, 6.07) is 1.23. The third-order valence-electron chi connectivity index (χ3n) is 7.69. The van der Waals surface area contributed by atoms with Crippen LogP contribution in [0.3, 0.4) is 0 Å². The summed E-state index contributed by atoms with van der Waals surface area (Å²) in [5.41, 5.74) is 1.61. The number of fused-ring (bicyclic) bond motifs is 1. The van der Waals surface area contributed by atoms with E-state index in [1.165, 1.54) is 45.1 Å². The topological polar surface area (TPSA) is 43.7 Å². The highest BCUT2D eigenvalue weighted by Gasteiger charge is 2.43. The van der Waals surface area contributed by atoms with Gasteiger partial charge in [0.1, 0.15) is 0 Å². The highest BCUT2D eigenvalue weighted by atomic mass is 16.3. The van der Waals surface area contributed by atoms with Crippen LogP contribution in [-0.4, -0.2) is 45.9 Å². The molecule has 0 spiro atoms. The number of allylic oxidation sites excluding steroid dienone is 2. The van der Waals surface area contributed by atoms with Crippen molar-refractivity contribution in [3.8, 4) is 0 Å². The highest BCUT2D eigenvalue weighted by molar-refractivity contribution is 5.21. The highest BCUT2D eigenvalue weighted by Crippen LogP contribution is 2.48. The molecule has 2 rings (SSSR count). The van der Waals surface area contributed by atoms with Gasteiger partial charge in [0.05, 0.1) is 12.2 Å². The molecule has 1 fully saturated rings. The summed E-state index contributed by atoms with van der Waals surface area (Å²) in [5.74, 6) is 1.83. The molecule has 0 bridgehead atoms. The number of hydrogen-bond donors (Lipinski definition) is 2. The second kappa shape index (κ2) is 13.2. The van der Waals surface area contributed by atoms with Gasteiger partial charge in [0, 0.05) is 18.0 Å². The van der Waals surface area contributed by atoms with Gasteiger partial charge in [-0.25, -0.2) is 0 Å². The van der Waals surface area contributed by atoms with Gasteiger partial charge in [-0.1, -0.05) is 56.9 Å². The van der Waals surface area contributed by atoms with E-state index in [-0.39, 0.29) is 18.1 Å². The minimum absolute atomic E-state index is 0.205. The fraction of sp³-hybridized carbons (Fsp3) is 0.857. The van der Waals surface area contributed by atoms with Crippen LogP contribution in [0.4, 0.5) is 0 Å². The van der Waals surface area contributed by atoms with Gasteiger partial charge < -0.3 is 10.2 Å². The van der Waals surface area contributed by atoms with Crippen LogP contribution in [-0.2, 0) is 0 Å². The molecule has 0 aromatic carbocycles. The molecule has 31 heavy (non-hydrogen) atoms. The van der Waals surface area contributed by atoms with Gasteiger partial charge in [-0.3, -0.25) is 4.90 Å². The Morgan fingerprint density at radius 3 is 2.45 bits per heavy atom. The molecule has 2 aliphatic rings. The first-order valence-electron chi connectivity index (χ1n) is 13.2. The lowest BCUT2D eigenvalue weighted by atomic mass is 9.88. The first kappa shape index (κ1) is 26.6. The van der Waals surface area contributed by atoms with Gasteiger partial charge in [-0.15, -0.1) is 0 Å². The molecule has 0 radical (unpaired) electrons. The molecule has 3 heteroatoms. The van der Waals surface area contributed by atoms with Crippen molar-refractivity contribution in [3.63, 3.8) is 0 Å². The van der Waals surface area contributed by atoms with Gasteiger partial charge in [0.15, 0.2) is 0 Å². The summed E-state index contributed by atoms with van der Waals surface area (Å²) >= 11 is 0. The zero-order valence-electron chi connectivity index (χ0n) is 21.3. The van der Waals surface area contributed by atoms with E-state index in [1.54, 1.807) is 5.57 Å². The van der Waals surface area contributed by atoms with Crippen molar-refractivity contribution in [1.82, 2.24) is 4.90 Å². The van der Waals surface area contributed by atoms with E-state index in [2.05, 4.69) is 58.6 Å². The average molecular weight is 434 g/mol. The van der Waals surface area contributed by atoms with E-state index in [4.69, 9.17) is 0 Å². The van der Waals surface area contributed by atoms with Crippen molar-refractivity contribution in [2.45, 2.75) is 124 Å². The average Bonchev–Trinajstić information content (AvgIpc) is 3.20. The first-order chi connectivity index (χ1) is 14.7. The van der Waals surface area contributed by atoms with Crippen LogP contribution in [0.5, 0.6) is 0 Å². The molecule has 0 aromatic heterocycles. The number of hydrogen-bond acceptors (Lipinski definition) is 3. The Labute approximate surface area is 193 Å². The maximum atomic E-state index is 10.6. The number of aliphatic hydroxyl groups is 2. The van der Waals surface area contributed by atoms with E-state index < -0.39 is 0 Å². The molecule has 0 saturated heterocycles. The number of rotatable bonds is 14. The van der Waals surface area contributed by atoms with E-state index in [9.17, 15) is 10.2 Å². The largest absolute Gasteiger partial charge is 0.392 e. The van der Waals surface area contributed by atoms with Crippen LogP contribution in [0.1, 0.15) is 99.3 Å². The summed E-state index contributed by atoms with van der Waals surface area (Å²) in [6.45, 7) is 14.8. The predicted molar refractivity (Wildman–Crippen MR) is 133 cm³/mol. The first-order valence-corrected chi connectivity index (χ1v) is 13.2. The van der Waals surface area contributed by atoms with Crippen LogP contribution >= 0.6 is 0 Å². The van der Waals surface area contributed by atoms with Crippen LogP contribution in [0.25, 0.3) is 0 Å². The van der Waals surface area contributed by atoms with Crippen molar-refractivity contribution in [2.24, 2.45) is 23.7 Å². The molecule has 2 N–H and O–H groups in total. The molecule has 0 amide bonds. The maximum Gasteiger partial charge on any atom is 0.0723 e. The second-order valence-corrected chi connectivity index (χ2v) is 11.1. The lowest BCUT2D eigenvalue weighted by Gasteiger charge is -2.30. The quantitative estimate of drug-likeness (QED) is 0.248. The Morgan fingerprint density at radius 1 is 1.10 bits per heavy atom. The normalized spacial score (nSPS) is 28.2. The molecule has 1 saturated carbocycles. The van der Waals surface area contributed by atoms with Crippen molar-refractivity contribution < 1.29 is 10.2 Å². The Hall–Kier alpha value is -0.640. The minimum atomic E-state index is -0.378. The van der Waals surface area contributed by atoms with Crippen LogP contribution < -0.4 is 0 Å². The molecule has 3 nitrogen and oxygen atoms in total. The van der Waals surface area contributed by atoms with Crippen molar-refractivity contribution >= 4 is 0 Å². The van der Waals surface area contributed by atoms with Crippen LogP contribution in [0, 0.1) is 23.7 Å². The Kier molecular flexibility index (Phi) is 11.3. The van der Waals surface area contributed by atoms with Gasteiger partial charge in [-0.05, 0) is 90.5 Å². The van der Waals surface area contributed by atoms with Gasteiger partial charge in [-0.2, -0.15) is 0 Å². The molecule has 0 unspecified atom stereocenters. The fourth-order valence-corrected chi connectivity index (χ4v) is 5.97. The fourth-order valence-electron chi connectivity index (χ4n) is 5.97. The van der Waals surface area contributed by atoms with Crippen molar-refractivity contribution in [1.29, 1.82) is 0 Å². The van der Waals surface area contributed by atoms with E-state index in [0.29, 0.717) is 29.8 Å². The SMILES string of the molecule is CCCC[C@H](C)C[C@H](O)C=C[C@@H]1[C@H]2CC(CCCCN(C(C)C)C(C)C)=C[C@H]2C[C@H]1O. The Morgan fingerprint density at radius 2 is 1.81 bits per heavy atom. The summed E-state index contributed by atoms with van der Waals surface area (Å²) in [6.07, 6.45) is 16.2. The molecular weight excluding hydrogens is 382 g/mol. The zero-order valence-corrected chi connectivity index (χ0v) is 21.3. The van der Waals surface area contributed by atoms with E-state index in [1.807, 2.05) is 6.08 Å². The molecule has 180 valence electrons. The molecule has 6 atom stereocenters. The zero-order chi connectivity index (χ0) is 23.0. The third kappa shape index (κ3) is 8.33. The summed E-state index contributed by atoms with van der Waals surface area (Å²) in [5, 5.41) is 21.0. The van der Waals surface area contributed by atoms with Crippen LogP contribution in [0.2, 0.25) is 0 Å². The predicted octanol–water partition coefficient (Wildman–Crippen LogP) is 6.35. The third-order valence-corrected chi connectivity index (χ3v) is 7.69. The number of unbranched alkanes of at least 4 members (excludes halogenated alkanes) is 2. The summed E-state index contributed by atoms with van der Waals surface area (Å²) < 4.78 is 0. The summed E-state index contributed by atoms with van der Waals surface area (Å²) in [7, 11) is 0. The van der Waals surface area contributed by atoms with Crippen LogP contribution in [0.15, 0.2) is 23.8 Å². The molecule has 0 aromatic rings. The van der Waals surface area contributed by atoms with Crippen molar-refractivity contribution in [3.05, 3.63) is 23.8 Å². The smallest absolute Gasteiger partial charge is 0.0723 e. The lowest BCUT2D eigenvalue weighted by molar-refractivity contribution is 0.139. The minimum Gasteiger partial charge on any atom is -0.392 e. The number of nitrogens with zero attached hydrogens (tertiary/aromatic N) is 1. The van der Waals surface area contributed by atoms with Gasteiger partial charge in [0.2, 0.25) is 0 Å². The van der Waals surface area contributed by atoms with Gasteiger partial charge >= 0.3 is 0 Å². The maximum absolute atomic E-state index is 10.6. The molecule has 0 aliphatic heterocycles. The summed E-state index contributed by atoms with van der Waals surface area (Å²) in [4.78, 5) is 2.59. The van der Waals surface area contributed by atoms with E-state index >= 15 is 0 Å². The Bertz CT molecular complexity index is 559. The van der Waals surface area contributed by atoms with E-state index in [0.717, 1.165) is 19.3 Å². The molecular formula is C28H51NO2. The Balaban J connectivity index is 1.77. The monoisotopic (exact) mass is 433 g/mol. The standard InChI is InChI=1S/C28H51NO2/c1-7-8-11-22(6)16-25(30)13-14-26-27-18-23(17-24(27)19-28(26)31)12-9-10-15-29(20(2)3)21(4)5/h13-14,17,20-22,24-28,30-31H,7-12,15-16,18-19H2,1-6H3/t22-,24-,25+,26+,27-,28+/m0/s1. The molecule has 2 aliphatic carbocycles. The van der Waals surface area contributed by atoms with Gasteiger partial charge in [0.25, 0.3) is 0 Å². The second-order valence-electron chi connectivity index (χ2n) is 11.1. The molecule has 0 heterocycles. The van der Waals surface area contributed by atoms with Crippen molar-refractivity contribution in [2.75, 3.05) is 6.54 Å². The lowest BCUT2D eigenvalue weighted by Crippen LogP contribution is -2.37.